The highest BCUT2D eigenvalue weighted by Gasteiger charge is 2.27. The molecule has 1 saturated heterocycles. The molecule has 0 aromatic carbocycles. The lowest BCUT2D eigenvalue weighted by molar-refractivity contribution is -0.132. The standard InChI is InChI=1S/C9H17NO3/c1-6(11)5-10-9(12)8-4-3-7(2)13-8/h6-8,11H,3-5H2,1-2H3,(H,10,12). The van der Waals surface area contributed by atoms with Gasteiger partial charge in [-0.3, -0.25) is 4.79 Å². The van der Waals surface area contributed by atoms with Gasteiger partial charge >= 0.3 is 0 Å². The van der Waals surface area contributed by atoms with E-state index in [1.807, 2.05) is 6.92 Å². The fourth-order valence-corrected chi connectivity index (χ4v) is 1.36. The van der Waals surface area contributed by atoms with E-state index in [1.165, 1.54) is 0 Å². The summed E-state index contributed by atoms with van der Waals surface area (Å²) in [7, 11) is 0. The van der Waals surface area contributed by atoms with Crippen molar-refractivity contribution < 1.29 is 14.6 Å². The number of aliphatic hydroxyl groups is 1. The Morgan fingerprint density at radius 2 is 2.38 bits per heavy atom. The number of nitrogens with one attached hydrogen (secondary N) is 1. The molecule has 1 rings (SSSR count). The SMILES string of the molecule is CC(O)CNC(=O)C1CCC(C)O1. The van der Waals surface area contributed by atoms with E-state index in [9.17, 15) is 4.79 Å². The zero-order chi connectivity index (χ0) is 9.84. The zero-order valence-corrected chi connectivity index (χ0v) is 8.12. The van der Waals surface area contributed by atoms with Gasteiger partial charge in [0.05, 0.1) is 12.2 Å². The van der Waals surface area contributed by atoms with Crippen molar-refractivity contribution in [3.8, 4) is 0 Å². The van der Waals surface area contributed by atoms with Gasteiger partial charge in [0.2, 0.25) is 5.91 Å². The van der Waals surface area contributed by atoms with E-state index in [-0.39, 0.29) is 18.1 Å². The summed E-state index contributed by atoms with van der Waals surface area (Å²) in [6, 6.07) is 0. The zero-order valence-electron chi connectivity index (χ0n) is 8.12. The van der Waals surface area contributed by atoms with Crippen LogP contribution in [-0.2, 0) is 9.53 Å². The molecule has 0 aromatic heterocycles. The third-order valence-corrected chi connectivity index (χ3v) is 2.10. The number of ether oxygens (including phenoxy) is 1. The van der Waals surface area contributed by atoms with Crippen LogP contribution in [0.4, 0.5) is 0 Å². The van der Waals surface area contributed by atoms with Crippen molar-refractivity contribution in [2.75, 3.05) is 6.54 Å². The van der Waals surface area contributed by atoms with Crippen LogP contribution < -0.4 is 5.32 Å². The molecule has 2 N–H and O–H groups in total. The first kappa shape index (κ1) is 10.5. The van der Waals surface area contributed by atoms with E-state index in [2.05, 4.69) is 5.32 Å². The molecule has 4 nitrogen and oxygen atoms in total. The fourth-order valence-electron chi connectivity index (χ4n) is 1.36. The van der Waals surface area contributed by atoms with Crippen molar-refractivity contribution in [2.45, 2.75) is 45.0 Å². The molecule has 0 bridgehead atoms. The van der Waals surface area contributed by atoms with Gasteiger partial charge in [-0.05, 0) is 26.7 Å². The van der Waals surface area contributed by atoms with Crippen molar-refractivity contribution in [2.24, 2.45) is 0 Å². The van der Waals surface area contributed by atoms with Crippen LogP contribution in [0.25, 0.3) is 0 Å². The summed E-state index contributed by atoms with van der Waals surface area (Å²) in [5.74, 6) is -0.106. The molecule has 0 aromatic rings. The number of amides is 1. The third kappa shape index (κ3) is 3.32. The maximum atomic E-state index is 11.3. The average Bonchev–Trinajstić information content (AvgIpc) is 2.47. The molecule has 0 aliphatic carbocycles. The van der Waals surface area contributed by atoms with Gasteiger partial charge < -0.3 is 15.2 Å². The Balaban J connectivity index is 2.24. The highest BCUT2D eigenvalue weighted by molar-refractivity contribution is 5.81. The Bertz CT molecular complexity index is 182. The van der Waals surface area contributed by atoms with E-state index in [0.717, 1.165) is 12.8 Å². The van der Waals surface area contributed by atoms with E-state index in [0.29, 0.717) is 6.54 Å². The van der Waals surface area contributed by atoms with Crippen molar-refractivity contribution in [3.05, 3.63) is 0 Å². The second-order valence-corrected chi connectivity index (χ2v) is 3.61. The van der Waals surface area contributed by atoms with Crippen LogP contribution in [0.2, 0.25) is 0 Å². The van der Waals surface area contributed by atoms with Gasteiger partial charge in [-0.1, -0.05) is 0 Å². The van der Waals surface area contributed by atoms with Crippen LogP contribution in [0.15, 0.2) is 0 Å². The molecule has 1 amide bonds. The summed E-state index contributed by atoms with van der Waals surface area (Å²) in [6.45, 7) is 3.90. The van der Waals surface area contributed by atoms with Crippen molar-refractivity contribution in [3.63, 3.8) is 0 Å². The van der Waals surface area contributed by atoms with Gasteiger partial charge in [-0.25, -0.2) is 0 Å². The lowest BCUT2D eigenvalue weighted by Gasteiger charge is -2.12. The quantitative estimate of drug-likeness (QED) is 0.656. The lowest BCUT2D eigenvalue weighted by Crippen LogP contribution is -2.38. The van der Waals surface area contributed by atoms with E-state index >= 15 is 0 Å². The van der Waals surface area contributed by atoms with Crippen LogP contribution in [0.5, 0.6) is 0 Å². The number of carbonyl (C=O) groups is 1. The summed E-state index contributed by atoms with van der Waals surface area (Å²) in [5.41, 5.74) is 0. The van der Waals surface area contributed by atoms with Gasteiger partial charge in [0.15, 0.2) is 0 Å². The van der Waals surface area contributed by atoms with Crippen LogP contribution in [0.1, 0.15) is 26.7 Å². The van der Waals surface area contributed by atoms with Crippen molar-refractivity contribution in [1.82, 2.24) is 5.32 Å². The molecule has 76 valence electrons. The number of carbonyl (C=O) groups excluding carboxylic acids is 1. The minimum atomic E-state index is -0.497. The summed E-state index contributed by atoms with van der Waals surface area (Å²) in [4.78, 5) is 11.3. The normalized spacial score (nSPS) is 30.1. The van der Waals surface area contributed by atoms with E-state index in [1.54, 1.807) is 6.92 Å². The first-order chi connectivity index (χ1) is 6.09. The Hall–Kier alpha value is -0.610. The van der Waals surface area contributed by atoms with Gasteiger partial charge in [0, 0.05) is 6.54 Å². The minimum absolute atomic E-state index is 0.106. The highest BCUT2D eigenvalue weighted by Crippen LogP contribution is 2.18. The summed E-state index contributed by atoms with van der Waals surface area (Å²) >= 11 is 0. The molecule has 4 heteroatoms. The Morgan fingerprint density at radius 1 is 1.69 bits per heavy atom. The summed E-state index contributed by atoms with van der Waals surface area (Å²) in [6.07, 6.45) is 1.10. The molecule has 13 heavy (non-hydrogen) atoms. The van der Waals surface area contributed by atoms with Gasteiger partial charge in [0.1, 0.15) is 6.10 Å². The molecule has 1 heterocycles. The van der Waals surface area contributed by atoms with Gasteiger partial charge in [-0.15, -0.1) is 0 Å². The molecule has 0 radical (unpaired) electrons. The second-order valence-electron chi connectivity index (χ2n) is 3.61. The molecular weight excluding hydrogens is 170 g/mol. The minimum Gasteiger partial charge on any atom is -0.392 e. The number of aliphatic hydroxyl groups excluding tert-OH is 1. The molecule has 0 saturated carbocycles. The van der Waals surface area contributed by atoms with Crippen LogP contribution in [0, 0.1) is 0 Å². The molecule has 1 aliphatic rings. The molecule has 0 spiro atoms. The van der Waals surface area contributed by atoms with Gasteiger partial charge in [0.25, 0.3) is 0 Å². The van der Waals surface area contributed by atoms with Gasteiger partial charge in [-0.2, -0.15) is 0 Å². The van der Waals surface area contributed by atoms with Crippen LogP contribution in [0.3, 0.4) is 0 Å². The first-order valence-electron chi connectivity index (χ1n) is 4.71. The molecule has 1 fully saturated rings. The van der Waals surface area contributed by atoms with Crippen molar-refractivity contribution >= 4 is 5.91 Å². The summed E-state index contributed by atoms with van der Waals surface area (Å²) < 4.78 is 5.36. The maximum Gasteiger partial charge on any atom is 0.249 e. The largest absolute Gasteiger partial charge is 0.392 e. The highest BCUT2D eigenvalue weighted by atomic mass is 16.5. The second kappa shape index (κ2) is 4.58. The number of hydrogen-bond donors (Lipinski definition) is 2. The maximum absolute atomic E-state index is 11.3. The van der Waals surface area contributed by atoms with E-state index < -0.39 is 6.10 Å². The number of rotatable bonds is 3. The topological polar surface area (TPSA) is 58.6 Å². The smallest absolute Gasteiger partial charge is 0.249 e. The Morgan fingerprint density at radius 3 is 2.85 bits per heavy atom. The molecule has 3 atom stereocenters. The first-order valence-corrected chi connectivity index (χ1v) is 4.71. The van der Waals surface area contributed by atoms with Crippen molar-refractivity contribution in [1.29, 1.82) is 0 Å². The van der Waals surface area contributed by atoms with Crippen LogP contribution >= 0.6 is 0 Å². The third-order valence-electron chi connectivity index (χ3n) is 2.10. The molecule has 3 unspecified atom stereocenters. The monoisotopic (exact) mass is 187 g/mol. The fraction of sp³-hybridized carbons (Fsp3) is 0.889. The average molecular weight is 187 g/mol. The van der Waals surface area contributed by atoms with E-state index in [4.69, 9.17) is 9.84 Å². The Kier molecular flexibility index (Phi) is 3.69. The number of hydrogen-bond acceptors (Lipinski definition) is 3. The predicted molar refractivity (Wildman–Crippen MR) is 48.3 cm³/mol. The van der Waals surface area contributed by atoms with Crippen LogP contribution in [-0.4, -0.2) is 35.9 Å². The Labute approximate surface area is 78.3 Å². The predicted octanol–water partition coefficient (Wildman–Crippen LogP) is 0.0509. The lowest BCUT2D eigenvalue weighted by atomic mass is 10.2. The molecule has 1 aliphatic heterocycles. The summed E-state index contributed by atoms with van der Waals surface area (Å²) in [5, 5.41) is 11.6. The molecular formula is C9H17NO3.